The maximum absolute atomic E-state index is 11.4. The van der Waals surface area contributed by atoms with Crippen LogP contribution in [0.3, 0.4) is 0 Å². The first-order chi connectivity index (χ1) is 7.70. The van der Waals surface area contributed by atoms with E-state index < -0.39 is 0 Å². The van der Waals surface area contributed by atoms with Gasteiger partial charge in [0.15, 0.2) is 0 Å². The molecule has 5 heteroatoms. The van der Waals surface area contributed by atoms with Crippen LogP contribution in [0.25, 0.3) is 0 Å². The molecule has 1 amide bonds. The van der Waals surface area contributed by atoms with Gasteiger partial charge in [-0.2, -0.15) is 0 Å². The third-order valence-corrected chi connectivity index (χ3v) is 2.29. The van der Waals surface area contributed by atoms with Crippen LogP contribution in [0.4, 0.5) is 0 Å². The highest BCUT2D eigenvalue weighted by Gasteiger charge is 2.04. The molecule has 0 aromatic heterocycles. The van der Waals surface area contributed by atoms with Gasteiger partial charge < -0.3 is 15.8 Å². The van der Waals surface area contributed by atoms with E-state index in [1.807, 2.05) is 11.9 Å². The highest BCUT2D eigenvalue weighted by atomic mass is 16.5. The summed E-state index contributed by atoms with van der Waals surface area (Å²) in [4.78, 5) is 13.4. The van der Waals surface area contributed by atoms with Gasteiger partial charge in [0.25, 0.3) is 0 Å². The molecular weight excluding hydrogens is 206 g/mol. The van der Waals surface area contributed by atoms with Gasteiger partial charge in [-0.1, -0.05) is 6.42 Å². The summed E-state index contributed by atoms with van der Waals surface area (Å²) in [6, 6.07) is 0. The Hall–Kier alpha value is -0.650. The second-order valence-electron chi connectivity index (χ2n) is 3.93. The van der Waals surface area contributed by atoms with Gasteiger partial charge in [-0.25, -0.2) is 0 Å². The SMILES string of the molecule is COCCNC(=O)CN(C)CCCCCN. The normalized spacial score (nSPS) is 10.8. The van der Waals surface area contributed by atoms with E-state index in [9.17, 15) is 4.79 Å². The Kier molecular flexibility index (Phi) is 10.4. The average Bonchev–Trinajstić information content (AvgIpc) is 2.25. The van der Waals surface area contributed by atoms with Crippen molar-refractivity contribution in [2.45, 2.75) is 19.3 Å². The second-order valence-corrected chi connectivity index (χ2v) is 3.93. The van der Waals surface area contributed by atoms with Crippen molar-refractivity contribution in [3.63, 3.8) is 0 Å². The summed E-state index contributed by atoms with van der Waals surface area (Å²) >= 11 is 0. The third kappa shape index (κ3) is 9.89. The monoisotopic (exact) mass is 231 g/mol. The molecule has 96 valence electrons. The van der Waals surface area contributed by atoms with Gasteiger partial charge in [0, 0.05) is 13.7 Å². The molecule has 0 rings (SSSR count). The topological polar surface area (TPSA) is 67.6 Å². The van der Waals surface area contributed by atoms with Crippen LogP contribution < -0.4 is 11.1 Å². The minimum atomic E-state index is 0.0541. The lowest BCUT2D eigenvalue weighted by atomic mass is 10.2. The van der Waals surface area contributed by atoms with Gasteiger partial charge in [-0.3, -0.25) is 9.69 Å². The summed E-state index contributed by atoms with van der Waals surface area (Å²) in [5.74, 6) is 0.0541. The molecule has 0 unspecified atom stereocenters. The molecule has 0 aromatic rings. The molecule has 0 saturated heterocycles. The van der Waals surface area contributed by atoms with Crippen molar-refractivity contribution < 1.29 is 9.53 Å². The standard InChI is InChI=1S/C11H25N3O2/c1-14(8-5-3-4-6-12)10-11(15)13-7-9-16-2/h3-10,12H2,1-2H3,(H,13,15). The Morgan fingerprint density at radius 2 is 2.12 bits per heavy atom. The maximum Gasteiger partial charge on any atom is 0.234 e. The molecule has 0 aliphatic carbocycles. The number of methoxy groups -OCH3 is 1. The van der Waals surface area contributed by atoms with E-state index in [1.165, 1.54) is 0 Å². The van der Waals surface area contributed by atoms with Gasteiger partial charge in [0.2, 0.25) is 5.91 Å². The fourth-order valence-electron chi connectivity index (χ4n) is 1.38. The maximum atomic E-state index is 11.4. The zero-order chi connectivity index (χ0) is 12.2. The number of hydrogen-bond donors (Lipinski definition) is 2. The Balaban J connectivity index is 3.39. The lowest BCUT2D eigenvalue weighted by molar-refractivity contribution is -0.122. The average molecular weight is 231 g/mol. The zero-order valence-electron chi connectivity index (χ0n) is 10.5. The van der Waals surface area contributed by atoms with Crippen LogP contribution in [0.2, 0.25) is 0 Å². The minimum absolute atomic E-state index is 0.0541. The first kappa shape index (κ1) is 15.3. The molecule has 5 nitrogen and oxygen atoms in total. The summed E-state index contributed by atoms with van der Waals surface area (Å²) in [5, 5.41) is 2.79. The number of rotatable bonds is 10. The summed E-state index contributed by atoms with van der Waals surface area (Å²) in [6.07, 6.45) is 3.29. The molecule has 0 fully saturated rings. The minimum Gasteiger partial charge on any atom is -0.383 e. The number of carbonyl (C=O) groups is 1. The molecule has 16 heavy (non-hydrogen) atoms. The molecule has 0 aliphatic heterocycles. The predicted octanol–water partition coefficient (Wildman–Crippen LogP) is -0.190. The van der Waals surface area contributed by atoms with Crippen LogP contribution in [0.15, 0.2) is 0 Å². The summed E-state index contributed by atoms with van der Waals surface area (Å²) in [7, 11) is 3.58. The van der Waals surface area contributed by atoms with Crippen LogP contribution in [0.5, 0.6) is 0 Å². The molecule has 0 saturated carbocycles. The zero-order valence-corrected chi connectivity index (χ0v) is 10.5. The first-order valence-corrected chi connectivity index (χ1v) is 5.85. The van der Waals surface area contributed by atoms with Crippen molar-refractivity contribution >= 4 is 5.91 Å². The third-order valence-electron chi connectivity index (χ3n) is 2.29. The largest absolute Gasteiger partial charge is 0.383 e. The molecule has 0 aromatic carbocycles. The van der Waals surface area contributed by atoms with Gasteiger partial charge in [0.1, 0.15) is 0 Å². The summed E-state index contributed by atoms with van der Waals surface area (Å²) in [6.45, 7) is 3.29. The number of likely N-dealkylation sites (N-methyl/N-ethyl adjacent to an activating group) is 1. The Bertz CT molecular complexity index is 177. The molecule has 0 bridgehead atoms. The predicted molar refractivity (Wildman–Crippen MR) is 65.3 cm³/mol. The van der Waals surface area contributed by atoms with E-state index in [4.69, 9.17) is 10.5 Å². The molecule has 0 spiro atoms. The number of nitrogens with two attached hydrogens (primary N) is 1. The Labute approximate surface area is 98.3 Å². The molecule has 0 atom stereocenters. The Morgan fingerprint density at radius 1 is 1.38 bits per heavy atom. The fraction of sp³-hybridized carbons (Fsp3) is 0.909. The molecule has 3 N–H and O–H groups in total. The van der Waals surface area contributed by atoms with Gasteiger partial charge in [0.05, 0.1) is 13.2 Å². The lowest BCUT2D eigenvalue weighted by Crippen LogP contribution is -2.37. The second kappa shape index (κ2) is 10.9. The summed E-state index contributed by atoms with van der Waals surface area (Å²) in [5.41, 5.74) is 5.40. The van der Waals surface area contributed by atoms with Crippen LogP contribution in [0, 0.1) is 0 Å². The Morgan fingerprint density at radius 3 is 2.75 bits per heavy atom. The number of nitrogens with zero attached hydrogens (tertiary/aromatic N) is 1. The molecular formula is C11H25N3O2. The molecule has 0 aliphatic rings. The van der Waals surface area contributed by atoms with Crippen LogP contribution >= 0.6 is 0 Å². The number of nitrogens with one attached hydrogen (secondary N) is 1. The number of unbranched alkanes of at least 4 members (excludes halogenated alkanes) is 2. The van der Waals surface area contributed by atoms with Crippen molar-refractivity contribution in [1.82, 2.24) is 10.2 Å². The highest BCUT2D eigenvalue weighted by Crippen LogP contribution is 1.95. The quantitative estimate of drug-likeness (QED) is 0.511. The van der Waals surface area contributed by atoms with E-state index >= 15 is 0 Å². The van der Waals surface area contributed by atoms with Crippen molar-refractivity contribution in [3.8, 4) is 0 Å². The first-order valence-electron chi connectivity index (χ1n) is 5.85. The van der Waals surface area contributed by atoms with Crippen molar-refractivity contribution in [3.05, 3.63) is 0 Å². The van der Waals surface area contributed by atoms with Crippen LogP contribution in [-0.2, 0) is 9.53 Å². The van der Waals surface area contributed by atoms with Crippen LogP contribution in [-0.4, -0.2) is 57.8 Å². The van der Waals surface area contributed by atoms with Gasteiger partial charge in [-0.05, 0) is 33.0 Å². The number of amides is 1. The number of ether oxygens (including phenoxy) is 1. The van der Waals surface area contributed by atoms with E-state index in [2.05, 4.69) is 5.32 Å². The number of carbonyl (C=O) groups excluding carboxylic acids is 1. The number of hydrogen-bond acceptors (Lipinski definition) is 4. The summed E-state index contributed by atoms with van der Waals surface area (Å²) < 4.78 is 4.85. The van der Waals surface area contributed by atoms with Gasteiger partial charge in [-0.15, -0.1) is 0 Å². The van der Waals surface area contributed by atoms with E-state index in [0.29, 0.717) is 19.7 Å². The highest BCUT2D eigenvalue weighted by molar-refractivity contribution is 5.77. The fourth-order valence-corrected chi connectivity index (χ4v) is 1.38. The molecule has 0 radical (unpaired) electrons. The van der Waals surface area contributed by atoms with E-state index in [-0.39, 0.29) is 5.91 Å². The van der Waals surface area contributed by atoms with Crippen LogP contribution in [0.1, 0.15) is 19.3 Å². The molecule has 0 heterocycles. The van der Waals surface area contributed by atoms with E-state index in [1.54, 1.807) is 7.11 Å². The van der Waals surface area contributed by atoms with E-state index in [0.717, 1.165) is 32.4 Å². The smallest absolute Gasteiger partial charge is 0.234 e. The van der Waals surface area contributed by atoms with Crippen molar-refractivity contribution in [2.24, 2.45) is 5.73 Å². The van der Waals surface area contributed by atoms with Crippen molar-refractivity contribution in [1.29, 1.82) is 0 Å². The van der Waals surface area contributed by atoms with Crippen molar-refractivity contribution in [2.75, 3.05) is 46.9 Å². The lowest BCUT2D eigenvalue weighted by Gasteiger charge is -2.15. The van der Waals surface area contributed by atoms with Gasteiger partial charge >= 0.3 is 0 Å².